The van der Waals surface area contributed by atoms with Gasteiger partial charge >= 0.3 is 16.3 Å². The third kappa shape index (κ3) is 4.68. The van der Waals surface area contributed by atoms with Crippen LogP contribution in [-0.4, -0.2) is 85.3 Å². The number of aromatic hydroxyl groups is 1. The third-order valence-corrected chi connectivity index (χ3v) is 8.25. The first-order valence-corrected chi connectivity index (χ1v) is 15.3. The van der Waals surface area contributed by atoms with Crippen molar-refractivity contribution in [3.8, 4) is 17.4 Å². The normalized spacial score (nSPS) is 25.5. The summed E-state index contributed by atoms with van der Waals surface area (Å²) in [6, 6.07) is 0. The van der Waals surface area contributed by atoms with Crippen LogP contribution in [0.15, 0.2) is 50.7 Å². The molecule has 12 N–H and O–H groups in total. The molecule has 0 aromatic carbocycles. The predicted octanol–water partition coefficient (Wildman–Crippen LogP) is -3.06. The second kappa shape index (κ2) is 10.1. The maximum atomic E-state index is 12.0. The molecule has 1 unspecified atom stereocenters. The van der Waals surface area contributed by atoms with E-state index in [1.165, 1.54) is 4.90 Å². The molecule has 44 heavy (non-hydrogen) atoms. The minimum absolute atomic E-state index is 0.0542. The smallest absolute Gasteiger partial charge is 0.500 e. The molecule has 0 aliphatic carbocycles. The van der Waals surface area contributed by atoms with Crippen molar-refractivity contribution in [3.63, 3.8) is 0 Å². The molecule has 2 bridgehead atoms. The molecular formula is C19H22N10O13P2+2. The van der Waals surface area contributed by atoms with Gasteiger partial charge in [0.2, 0.25) is 11.6 Å². The maximum Gasteiger partial charge on any atom is 0.663 e. The number of rotatable bonds is 2. The number of aromatic nitrogens is 5. The van der Waals surface area contributed by atoms with Gasteiger partial charge in [0.1, 0.15) is 18.3 Å². The molecule has 4 aliphatic heterocycles. The van der Waals surface area contributed by atoms with E-state index in [2.05, 4.69) is 36.3 Å². The molecule has 0 spiro atoms. The fourth-order valence-corrected chi connectivity index (χ4v) is 6.09. The molecule has 1 fully saturated rings. The minimum atomic E-state index is -4.95. The van der Waals surface area contributed by atoms with Crippen LogP contribution in [0.1, 0.15) is 5.76 Å². The number of furan rings is 1. The third-order valence-electron chi connectivity index (χ3n) is 6.55. The Morgan fingerprint density at radius 1 is 1.14 bits per heavy atom. The average molecular weight is 660 g/mol. The number of hydrogen-bond acceptors (Lipinski definition) is 21. The molecule has 0 radical (unpaired) electrons. The van der Waals surface area contributed by atoms with E-state index >= 15 is 0 Å². The van der Waals surface area contributed by atoms with Gasteiger partial charge in [-0.25, -0.2) is 19.2 Å². The summed E-state index contributed by atoms with van der Waals surface area (Å²) in [5, 5.41) is 40.2. The first kappa shape index (κ1) is 28.3. The zero-order valence-corrected chi connectivity index (χ0v) is 23.5. The average Bonchev–Trinajstić information content (AvgIpc) is 3.73. The highest BCUT2D eigenvalue weighted by molar-refractivity contribution is 7.55. The lowest BCUT2D eigenvalue weighted by atomic mass is 10.2. The minimum Gasteiger partial charge on any atom is -0.500 e. The van der Waals surface area contributed by atoms with Crippen LogP contribution in [0.3, 0.4) is 0 Å². The Labute approximate surface area is 243 Å². The molecule has 2 atom stereocenters. The zero-order valence-electron chi connectivity index (χ0n) is 21.7. The van der Waals surface area contributed by atoms with Crippen LogP contribution in [0.25, 0.3) is 17.0 Å². The van der Waals surface area contributed by atoms with Gasteiger partial charge < -0.3 is 40.6 Å². The Morgan fingerprint density at radius 2 is 1.95 bits per heavy atom. The second-order valence-corrected chi connectivity index (χ2v) is 12.1. The number of aliphatic hydroxyl groups excluding tert-OH is 1. The van der Waals surface area contributed by atoms with Crippen LogP contribution in [0.4, 0.5) is 0 Å². The van der Waals surface area contributed by atoms with Gasteiger partial charge in [-0.3, -0.25) is 19.2 Å². The van der Waals surface area contributed by atoms with Gasteiger partial charge in [0, 0.05) is 0 Å². The van der Waals surface area contributed by atoms with Crippen molar-refractivity contribution < 1.29 is 57.0 Å². The molecule has 0 saturated carbocycles. The van der Waals surface area contributed by atoms with E-state index in [0.717, 1.165) is 10.9 Å². The summed E-state index contributed by atoms with van der Waals surface area (Å²) in [6.07, 6.45) is -0.826. The number of imidazole rings is 1. The zero-order chi connectivity index (χ0) is 31.0. The SMILES string of the molecule is NC1=C2NCN(C3=C4O[P+](O)(O)OCc5oc(-n6cnc7c(=O)[nH]nnc76)c(O)c5O[P+](O)(O)O/C=C(/O3)[C@H]4O)C2NCN1. The van der Waals surface area contributed by atoms with Crippen LogP contribution < -0.4 is 31.8 Å². The lowest BCUT2D eigenvalue weighted by molar-refractivity contribution is 0.100. The molecule has 7 rings (SSSR count). The number of aromatic amines is 1. The van der Waals surface area contributed by atoms with Crippen molar-refractivity contribution in [1.82, 2.24) is 45.8 Å². The largest absolute Gasteiger partial charge is 0.663 e. The van der Waals surface area contributed by atoms with E-state index in [1.807, 2.05) is 0 Å². The van der Waals surface area contributed by atoms with E-state index in [1.54, 1.807) is 0 Å². The fraction of sp³-hybridized carbons (Fsp3) is 0.263. The van der Waals surface area contributed by atoms with E-state index < -0.39 is 75.4 Å². The number of nitrogens with one attached hydrogen (secondary N) is 4. The van der Waals surface area contributed by atoms with Gasteiger partial charge in [-0.15, -0.1) is 9.62 Å². The first-order chi connectivity index (χ1) is 20.9. The number of ether oxygens (including phenoxy) is 1. The number of nitrogens with two attached hydrogens (primary N) is 1. The molecule has 7 heterocycles. The lowest BCUT2D eigenvalue weighted by Crippen LogP contribution is -2.51. The molecule has 4 aliphatic rings. The first-order valence-electron chi connectivity index (χ1n) is 12.2. The van der Waals surface area contributed by atoms with E-state index in [-0.39, 0.29) is 30.4 Å². The van der Waals surface area contributed by atoms with Crippen LogP contribution in [0.5, 0.6) is 11.5 Å². The molecule has 25 heteroatoms. The molecule has 0 amide bonds. The standard InChI is InChI=1S/C19H20N10O13P2/c20-14-8-15(22-3-21-14)28(4-23-8)19-13-10(30)6(39-19)1-37-43(33,34)41-12-7(2-38-44(35,36)42-13)40-18(11(12)31)29-5-24-9-16(29)25-27-26-17(9)32/h1,5,10,15,22,30,33-36H,2-4H2,(H4-2,20,21,23,25,26,27,31,32)/p+2/b6-1+/t10-,15?/m1/s1. The number of aliphatic hydroxyl groups is 1. The van der Waals surface area contributed by atoms with E-state index in [0.29, 0.717) is 17.8 Å². The quantitative estimate of drug-likeness (QED) is 0.122. The molecular weight excluding hydrogens is 638 g/mol. The van der Waals surface area contributed by atoms with Crippen LogP contribution in [0.2, 0.25) is 0 Å². The summed E-state index contributed by atoms with van der Waals surface area (Å²) in [5.41, 5.74) is 5.47. The van der Waals surface area contributed by atoms with Crippen LogP contribution >= 0.6 is 16.3 Å². The van der Waals surface area contributed by atoms with E-state index in [4.69, 9.17) is 33.0 Å². The van der Waals surface area contributed by atoms with Crippen molar-refractivity contribution >= 4 is 27.5 Å². The summed E-state index contributed by atoms with van der Waals surface area (Å²) in [5.74, 6) is -3.58. The predicted molar refractivity (Wildman–Crippen MR) is 140 cm³/mol. The molecule has 3 aromatic heterocycles. The van der Waals surface area contributed by atoms with Gasteiger partial charge in [-0.2, -0.15) is 19.6 Å². The summed E-state index contributed by atoms with van der Waals surface area (Å²) >= 11 is 0. The Hall–Kier alpha value is -4.44. The Kier molecular flexibility index (Phi) is 6.47. The van der Waals surface area contributed by atoms with Gasteiger partial charge in [0.05, 0.1) is 19.0 Å². The van der Waals surface area contributed by atoms with Crippen molar-refractivity contribution in [2.75, 3.05) is 13.3 Å². The van der Waals surface area contributed by atoms with Crippen molar-refractivity contribution in [1.29, 1.82) is 0 Å². The Bertz CT molecular complexity index is 1820. The second-order valence-electron chi connectivity index (χ2n) is 9.26. The fourth-order valence-electron chi connectivity index (χ4n) is 4.61. The maximum absolute atomic E-state index is 12.0. The molecule has 23 nitrogen and oxygen atoms in total. The summed E-state index contributed by atoms with van der Waals surface area (Å²) in [4.78, 5) is 60.0. The monoisotopic (exact) mass is 660 g/mol. The Morgan fingerprint density at radius 3 is 2.77 bits per heavy atom. The number of fused-ring (bicyclic) bond motifs is 5. The summed E-state index contributed by atoms with van der Waals surface area (Å²) in [6.45, 7) is -0.612. The highest BCUT2D eigenvalue weighted by atomic mass is 31.2. The summed E-state index contributed by atoms with van der Waals surface area (Å²) < 4.78 is 32.9. The Balaban J connectivity index is 1.27. The summed E-state index contributed by atoms with van der Waals surface area (Å²) in [7, 11) is -9.84. The van der Waals surface area contributed by atoms with Crippen LogP contribution in [0, 0.1) is 0 Å². The topological polar surface area (TPSA) is 322 Å². The van der Waals surface area contributed by atoms with Crippen molar-refractivity contribution in [2.24, 2.45) is 5.73 Å². The molecule has 234 valence electrons. The van der Waals surface area contributed by atoms with Crippen molar-refractivity contribution in [3.05, 3.63) is 57.6 Å². The number of nitrogens with zero attached hydrogens (tertiary/aromatic N) is 5. The van der Waals surface area contributed by atoms with Gasteiger partial charge in [-0.05, 0) is 0 Å². The van der Waals surface area contributed by atoms with Crippen molar-refractivity contribution in [2.45, 2.75) is 18.9 Å². The van der Waals surface area contributed by atoms with Gasteiger partial charge in [0.25, 0.3) is 23.0 Å². The number of hydrogen-bond donors (Lipinski definition) is 11. The van der Waals surface area contributed by atoms with E-state index in [9.17, 15) is 34.6 Å². The lowest BCUT2D eigenvalue weighted by Gasteiger charge is -2.30. The van der Waals surface area contributed by atoms with Gasteiger partial charge in [0.15, 0.2) is 41.7 Å². The highest BCUT2D eigenvalue weighted by Crippen LogP contribution is 2.61. The van der Waals surface area contributed by atoms with Gasteiger partial charge in [-0.1, -0.05) is 5.21 Å². The molecule has 1 saturated heterocycles. The van der Waals surface area contributed by atoms with Crippen LogP contribution in [-0.2, 0) is 24.9 Å². The highest BCUT2D eigenvalue weighted by Gasteiger charge is 2.54. The molecule has 3 aromatic rings. The number of H-pyrrole nitrogens is 1.